The summed E-state index contributed by atoms with van der Waals surface area (Å²) in [6.07, 6.45) is 0.539. The predicted octanol–water partition coefficient (Wildman–Crippen LogP) is 4.48. The Morgan fingerprint density at radius 2 is 2.11 bits per heavy atom. The second-order valence-electron chi connectivity index (χ2n) is 9.64. The van der Waals surface area contributed by atoms with Crippen LogP contribution in [0.3, 0.4) is 0 Å². The van der Waals surface area contributed by atoms with Crippen molar-refractivity contribution in [3.63, 3.8) is 0 Å². The number of carbonyl (C=O) groups is 2. The van der Waals surface area contributed by atoms with Gasteiger partial charge in [-0.1, -0.05) is 35.9 Å². The van der Waals surface area contributed by atoms with Gasteiger partial charge < -0.3 is 25.0 Å². The SMILES string of the molecule is Cc1cccc(-c2sc(C)nc2C(=O)N2C[C@@H]3C[C@@H]3[C@H]2CNC(=O)Oc2cccc3c2NCCO3)c1. The lowest BCUT2D eigenvalue weighted by Gasteiger charge is -2.27. The van der Waals surface area contributed by atoms with Gasteiger partial charge >= 0.3 is 6.09 Å². The molecule has 0 radical (unpaired) electrons. The van der Waals surface area contributed by atoms with E-state index in [-0.39, 0.29) is 11.9 Å². The van der Waals surface area contributed by atoms with E-state index in [2.05, 4.69) is 21.7 Å². The number of aromatic nitrogens is 1. The first-order valence-corrected chi connectivity index (χ1v) is 13.1. The van der Waals surface area contributed by atoms with E-state index in [4.69, 9.17) is 9.47 Å². The molecule has 0 bridgehead atoms. The molecular formula is C27H28N4O4S. The minimum atomic E-state index is -0.544. The zero-order chi connectivity index (χ0) is 24.8. The smallest absolute Gasteiger partial charge is 0.412 e. The Hall–Kier alpha value is -3.59. The molecule has 2 fully saturated rings. The number of thiazole rings is 1. The van der Waals surface area contributed by atoms with Crippen molar-refractivity contribution in [1.29, 1.82) is 0 Å². The zero-order valence-electron chi connectivity index (χ0n) is 20.2. The summed E-state index contributed by atoms with van der Waals surface area (Å²) in [5, 5.41) is 6.98. The van der Waals surface area contributed by atoms with Crippen molar-refractivity contribution in [1.82, 2.24) is 15.2 Å². The topological polar surface area (TPSA) is 92.8 Å². The minimum Gasteiger partial charge on any atom is -0.489 e. The number of piperidine rings is 1. The third-order valence-electron chi connectivity index (χ3n) is 7.09. The Morgan fingerprint density at radius 1 is 1.25 bits per heavy atom. The summed E-state index contributed by atoms with van der Waals surface area (Å²) in [4.78, 5) is 33.8. The largest absolute Gasteiger partial charge is 0.489 e. The lowest BCUT2D eigenvalue weighted by molar-refractivity contribution is 0.0700. The highest BCUT2D eigenvalue weighted by Crippen LogP contribution is 2.50. The molecule has 1 aliphatic carbocycles. The van der Waals surface area contributed by atoms with Crippen LogP contribution in [0.25, 0.3) is 10.4 Å². The van der Waals surface area contributed by atoms with Gasteiger partial charge in [0.2, 0.25) is 0 Å². The molecule has 2 amide bonds. The Kier molecular flexibility index (Phi) is 5.79. The Labute approximate surface area is 213 Å². The van der Waals surface area contributed by atoms with Crippen LogP contribution < -0.4 is 20.1 Å². The number of para-hydroxylation sites is 1. The number of amides is 2. The van der Waals surface area contributed by atoms with Crippen molar-refractivity contribution in [3.05, 3.63) is 58.7 Å². The lowest BCUT2D eigenvalue weighted by Crippen LogP contribution is -2.46. The van der Waals surface area contributed by atoms with Crippen molar-refractivity contribution < 1.29 is 19.1 Å². The summed E-state index contributed by atoms with van der Waals surface area (Å²) >= 11 is 1.54. The summed E-state index contributed by atoms with van der Waals surface area (Å²) in [6.45, 7) is 6.23. The molecule has 0 spiro atoms. The monoisotopic (exact) mass is 504 g/mol. The van der Waals surface area contributed by atoms with Gasteiger partial charge in [0.25, 0.3) is 5.91 Å². The van der Waals surface area contributed by atoms with Crippen LogP contribution in [0, 0.1) is 25.7 Å². The van der Waals surface area contributed by atoms with Crippen LogP contribution in [0.15, 0.2) is 42.5 Å². The van der Waals surface area contributed by atoms with Crippen molar-refractivity contribution >= 4 is 29.0 Å². The van der Waals surface area contributed by atoms with Crippen molar-refractivity contribution in [2.75, 3.05) is 31.6 Å². The number of ether oxygens (including phenoxy) is 2. The predicted molar refractivity (Wildman–Crippen MR) is 138 cm³/mol. The maximum atomic E-state index is 13.7. The van der Waals surface area contributed by atoms with Crippen LogP contribution >= 0.6 is 11.3 Å². The highest BCUT2D eigenvalue weighted by Gasteiger charge is 2.54. The van der Waals surface area contributed by atoms with Gasteiger partial charge in [0.15, 0.2) is 5.75 Å². The molecule has 186 valence electrons. The number of hydrogen-bond donors (Lipinski definition) is 2. The lowest BCUT2D eigenvalue weighted by atomic mass is 10.1. The van der Waals surface area contributed by atoms with E-state index in [0.29, 0.717) is 61.0 Å². The summed E-state index contributed by atoms with van der Waals surface area (Å²) < 4.78 is 11.2. The van der Waals surface area contributed by atoms with Gasteiger partial charge in [-0.3, -0.25) is 4.79 Å². The fourth-order valence-electron chi connectivity index (χ4n) is 5.31. The number of nitrogens with one attached hydrogen (secondary N) is 2. The number of fused-ring (bicyclic) bond motifs is 2. The molecule has 3 aromatic rings. The van der Waals surface area contributed by atoms with Crippen molar-refractivity contribution in [2.45, 2.75) is 26.3 Å². The normalized spacial score (nSPS) is 21.6. The molecule has 9 heteroatoms. The standard InChI is InChI=1S/C27H28N4O4S/c1-15-5-3-6-17(11-15)25-24(30-16(2)36-25)26(32)31-14-18-12-19(18)20(31)13-29-27(33)35-22-8-4-7-21-23(22)28-9-10-34-21/h3-8,11,18-20,28H,9-10,12-14H2,1-2H3,(H,29,33)/t18-,19-,20+/m0/s1. The second-order valence-corrected chi connectivity index (χ2v) is 10.8. The first-order chi connectivity index (χ1) is 17.5. The number of nitrogens with zero attached hydrogens (tertiary/aromatic N) is 2. The summed E-state index contributed by atoms with van der Waals surface area (Å²) in [6, 6.07) is 13.4. The van der Waals surface area contributed by atoms with Crippen LogP contribution in [-0.4, -0.2) is 54.2 Å². The van der Waals surface area contributed by atoms with E-state index < -0.39 is 6.09 Å². The van der Waals surface area contributed by atoms with Gasteiger partial charge in [0.1, 0.15) is 23.7 Å². The number of rotatable bonds is 5. The van der Waals surface area contributed by atoms with Crippen LogP contribution in [0.5, 0.6) is 11.5 Å². The quantitative estimate of drug-likeness (QED) is 0.532. The molecule has 3 atom stereocenters. The van der Waals surface area contributed by atoms with E-state index >= 15 is 0 Å². The average molecular weight is 505 g/mol. The fourth-order valence-corrected chi connectivity index (χ4v) is 6.21. The van der Waals surface area contributed by atoms with Gasteiger partial charge in [-0.2, -0.15) is 0 Å². The Bertz CT molecular complexity index is 1340. The van der Waals surface area contributed by atoms with Gasteiger partial charge in [0.05, 0.1) is 15.9 Å². The van der Waals surface area contributed by atoms with E-state index in [1.165, 1.54) is 0 Å². The van der Waals surface area contributed by atoms with E-state index in [0.717, 1.165) is 27.4 Å². The summed E-state index contributed by atoms with van der Waals surface area (Å²) in [7, 11) is 0. The zero-order valence-corrected chi connectivity index (χ0v) is 21.1. The Balaban J connectivity index is 1.16. The van der Waals surface area contributed by atoms with Gasteiger partial charge in [-0.15, -0.1) is 11.3 Å². The number of aryl methyl sites for hydroxylation is 2. The van der Waals surface area contributed by atoms with Crippen LogP contribution in [0.4, 0.5) is 10.5 Å². The molecule has 6 rings (SSSR count). The number of hydrogen-bond acceptors (Lipinski definition) is 7. The van der Waals surface area contributed by atoms with Crippen LogP contribution in [0.2, 0.25) is 0 Å². The van der Waals surface area contributed by atoms with Crippen LogP contribution in [0.1, 0.15) is 27.5 Å². The van der Waals surface area contributed by atoms with Crippen molar-refractivity contribution in [3.8, 4) is 21.9 Å². The molecule has 0 unspecified atom stereocenters. The van der Waals surface area contributed by atoms with Gasteiger partial charge in [0, 0.05) is 19.6 Å². The number of likely N-dealkylation sites (tertiary alicyclic amines) is 1. The van der Waals surface area contributed by atoms with Gasteiger partial charge in [-0.25, -0.2) is 9.78 Å². The van der Waals surface area contributed by atoms with E-state index in [9.17, 15) is 9.59 Å². The fraction of sp³-hybridized carbons (Fsp3) is 0.370. The third kappa shape index (κ3) is 4.28. The highest BCUT2D eigenvalue weighted by atomic mass is 32.1. The minimum absolute atomic E-state index is 0.0679. The molecular weight excluding hydrogens is 476 g/mol. The summed E-state index contributed by atoms with van der Waals surface area (Å²) in [5.41, 5.74) is 3.33. The maximum absolute atomic E-state index is 13.7. The first-order valence-electron chi connectivity index (χ1n) is 12.3. The molecule has 3 aliphatic rings. The Morgan fingerprint density at radius 3 is 2.97 bits per heavy atom. The number of benzene rings is 2. The molecule has 2 N–H and O–H groups in total. The molecule has 3 heterocycles. The number of anilines is 1. The van der Waals surface area contributed by atoms with E-state index in [1.807, 2.05) is 43.0 Å². The second kappa shape index (κ2) is 9.13. The maximum Gasteiger partial charge on any atom is 0.412 e. The molecule has 1 aromatic heterocycles. The molecule has 1 saturated carbocycles. The first kappa shape index (κ1) is 22.8. The molecule has 36 heavy (non-hydrogen) atoms. The average Bonchev–Trinajstić information content (AvgIpc) is 3.39. The molecule has 2 aliphatic heterocycles. The molecule has 8 nitrogen and oxygen atoms in total. The van der Waals surface area contributed by atoms with Crippen molar-refractivity contribution in [2.24, 2.45) is 11.8 Å². The van der Waals surface area contributed by atoms with E-state index in [1.54, 1.807) is 23.5 Å². The summed E-state index contributed by atoms with van der Waals surface area (Å²) in [5.74, 6) is 1.91. The molecule has 2 aromatic carbocycles. The molecule has 1 saturated heterocycles. The van der Waals surface area contributed by atoms with Gasteiger partial charge in [-0.05, 0) is 49.8 Å². The third-order valence-corrected chi connectivity index (χ3v) is 8.11. The number of carbonyl (C=O) groups excluding carboxylic acids is 2. The highest BCUT2D eigenvalue weighted by molar-refractivity contribution is 7.15. The van der Waals surface area contributed by atoms with Crippen LogP contribution in [-0.2, 0) is 0 Å².